The molecule has 33 heavy (non-hydrogen) atoms. The highest BCUT2D eigenvalue weighted by Gasteiger charge is 2.25. The van der Waals surface area contributed by atoms with Gasteiger partial charge < -0.3 is 9.84 Å². The van der Waals surface area contributed by atoms with Crippen LogP contribution in [0.5, 0.6) is 0 Å². The van der Waals surface area contributed by atoms with Crippen molar-refractivity contribution in [3.05, 3.63) is 65.1 Å². The Morgan fingerprint density at radius 2 is 1.82 bits per heavy atom. The number of carbonyl (C=O) groups is 1. The lowest BCUT2D eigenvalue weighted by Crippen LogP contribution is -2.23. The van der Waals surface area contributed by atoms with E-state index in [9.17, 15) is 9.18 Å². The van der Waals surface area contributed by atoms with E-state index in [-0.39, 0.29) is 11.6 Å². The molecule has 0 unspecified atom stereocenters. The highest BCUT2D eigenvalue weighted by Crippen LogP contribution is 2.38. The Labute approximate surface area is 198 Å². The van der Waals surface area contributed by atoms with Gasteiger partial charge in [-0.25, -0.2) is 9.18 Å². The number of halogens is 2. The molecule has 1 N–H and O–H groups in total. The molecule has 174 valence electrons. The standard InChI is InChI=1S/C26H28ClFN2O3/c1-17-25(21-11-12-23(28)22(27)13-21)26(20-5-3-2-4-6-20)30(29-17)14-18-7-9-19(10-8-18)15-33-16-24(31)32/h2-6,11-13,18-19H,7-10,14-16H2,1H3,(H,31,32)/t18-,19-. The zero-order valence-corrected chi connectivity index (χ0v) is 19.4. The van der Waals surface area contributed by atoms with Gasteiger partial charge in [0.2, 0.25) is 0 Å². The summed E-state index contributed by atoms with van der Waals surface area (Å²) in [4.78, 5) is 10.7. The van der Waals surface area contributed by atoms with Crippen molar-refractivity contribution in [3.63, 3.8) is 0 Å². The second-order valence-electron chi connectivity index (χ2n) is 8.78. The van der Waals surface area contributed by atoms with E-state index in [0.29, 0.717) is 18.4 Å². The van der Waals surface area contributed by atoms with Crippen molar-refractivity contribution >= 4 is 17.6 Å². The van der Waals surface area contributed by atoms with E-state index in [0.717, 1.165) is 60.3 Å². The van der Waals surface area contributed by atoms with Gasteiger partial charge in [0, 0.05) is 17.7 Å². The summed E-state index contributed by atoms with van der Waals surface area (Å²) in [6.45, 7) is 3.04. The van der Waals surface area contributed by atoms with E-state index < -0.39 is 11.8 Å². The van der Waals surface area contributed by atoms with Gasteiger partial charge in [-0.05, 0) is 62.1 Å². The minimum atomic E-state index is -0.926. The average Bonchev–Trinajstić information content (AvgIpc) is 3.12. The van der Waals surface area contributed by atoms with E-state index in [2.05, 4.69) is 16.8 Å². The number of benzene rings is 2. The summed E-state index contributed by atoms with van der Waals surface area (Å²) < 4.78 is 21.2. The van der Waals surface area contributed by atoms with Gasteiger partial charge in [0.1, 0.15) is 12.4 Å². The molecule has 1 heterocycles. The second-order valence-corrected chi connectivity index (χ2v) is 9.19. The van der Waals surface area contributed by atoms with E-state index in [4.69, 9.17) is 26.5 Å². The average molecular weight is 471 g/mol. The summed E-state index contributed by atoms with van der Waals surface area (Å²) >= 11 is 6.10. The lowest BCUT2D eigenvalue weighted by Gasteiger charge is -2.28. The van der Waals surface area contributed by atoms with Crippen LogP contribution in [0.3, 0.4) is 0 Å². The third-order valence-corrected chi connectivity index (χ3v) is 6.65. The molecule has 0 bridgehead atoms. The van der Waals surface area contributed by atoms with Crippen LogP contribution < -0.4 is 0 Å². The maximum absolute atomic E-state index is 13.8. The minimum absolute atomic E-state index is 0.0992. The van der Waals surface area contributed by atoms with Gasteiger partial charge in [-0.15, -0.1) is 0 Å². The predicted octanol–water partition coefficient (Wildman–Crippen LogP) is 6.23. The summed E-state index contributed by atoms with van der Waals surface area (Å²) in [6, 6.07) is 15.0. The van der Waals surface area contributed by atoms with Crippen LogP contribution in [0.15, 0.2) is 48.5 Å². The number of carboxylic acid groups (broad SMARTS) is 1. The molecule has 4 rings (SSSR count). The first-order chi connectivity index (χ1) is 15.9. The van der Waals surface area contributed by atoms with Crippen molar-refractivity contribution in [1.82, 2.24) is 9.78 Å². The molecule has 0 aliphatic heterocycles. The van der Waals surface area contributed by atoms with Crippen LogP contribution in [0.2, 0.25) is 5.02 Å². The van der Waals surface area contributed by atoms with Gasteiger partial charge in [0.25, 0.3) is 0 Å². The molecule has 1 fully saturated rings. The van der Waals surface area contributed by atoms with Crippen molar-refractivity contribution in [2.24, 2.45) is 11.8 Å². The quantitative estimate of drug-likeness (QED) is 0.424. The number of hydrogen-bond acceptors (Lipinski definition) is 3. The molecule has 1 saturated carbocycles. The van der Waals surface area contributed by atoms with Crippen LogP contribution in [-0.4, -0.2) is 34.1 Å². The molecule has 0 amide bonds. The zero-order valence-electron chi connectivity index (χ0n) is 18.6. The Kier molecular flexibility index (Phi) is 7.46. The van der Waals surface area contributed by atoms with E-state index in [1.807, 2.05) is 25.1 Å². The minimum Gasteiger partial charge on any atom is -0.480 e. The Hall–Kier alpha value is -2.70. The van der Waals surface area contributed by atoms with Gasteiger partial charge in [-0.2, -0.15) is 5.10 Å². The zero-order chi connectivity index (χ0) is 23.4. The first-order valence-corrected chi connectivity index (χ1v) is 11.7. The highest BCUT2D eigenvalue weighted by molar-refractivity contribution is 6.31. The maximum Gasteiger partial charge on any atom is 0.329 e. The van der Waals surface area contributed by atoms with Gasteiger partial charge in [-0.3, -0.25) is 4.68 Å². The Bertz CT molecular complexity index is 1110. The maximum atomic E-state index is 13.8. The topological polar surface area (TPSA) is 64.4 Å². The van der Waals surface area contributed by atoms with Crippen LogP contribution in [-0.2, 0) is 16.1 Å². The number of rotatable bonds is 8. The Balaban J connectivity index is 1.57. The molecule has 0 spiro atoms. The molecule has 7 heteroatoms. The number of ether oxygens (including phenoxy) is 1. The summed E-state index contributed by atoms with van der Waals surface area (Å²) in [7, 11) is 0. The molecule has 0 saturated heterocycles. The fraction of sp³-hybridized carbons (Fsp3) is 0.385. The number of aliphatic carboxylic acids is 1. The number of carboxylic acids is 1. The van der Waals surface area contributed by atoms with Crippen molar-refractivity contribution in [2.75, 3.05) is 13.2 Å². The van der Waals surface area contributed by atoms with Crippen LogP contribution >= 0.6 is 11.6 Å². The predicted molar refractivity (Wildman–Crippen MR) is 127 cm³/mol. The fourth-order valence-corrected chi connectivity index (χ4v) is 4.92. The summed E-state index contributed by atoms with van der Waals surface area (Å²) in [5, 5.41) is 13.7. The van der Waals surface area contributed by atoms with Gasteiger partial charge in [0.15, 0.2) is 0 Å². The molecule has 5 nitrogen and oxygen atoms in total. The number of aromatic nitrogens is 2. The number of nitrogens with zero attached hydrogens (tertiary/aromatic N) is 2. The number of aryl methyl sites for hydroxylation is 1. The van der Waals surface area contributed by atoms with E-state index in [1.165, 1.54) is 6.07 Å². The molecule has 3 aromatic rings. The molecule has 1 aliphatic carbocycles. The van der Waals surface area contributed by atoms with Crippen molar-refractivity contribution in [1.29, 1.82) is 0 Å². The SMILES string of the molecule is Cc1nn(C[C@H]2CC[C@H](COCC(=O)O)CC2)c(-c2ccccc2)c1-c1ccc(F)c(Cl)c1. The fourth-order valence-electron chi connectivity index (χ4n) is 4.74. The van der Waals surface area contributed by atoms with Crippen LogP contribution in [0.1, 0.15) is 31.4 Å². The molecular formula is C26H28ClFN2O3. The summed E-state index contributed by atoms with van der Waals surface area (Å²) in [5.74, 6) is -0.474. The smallest absolute Gasteiger partial charge is 0.329 e. The molecular weight excluding hydrogens is 443 g/mol. The highest BCUT2D eigenvalue weighted by atomic mass is 35.5. The molecule has 0 atom stereocenters. The Morgan fingerprint density at radius 3 is 2.48 bits per heavy atom. The molecule has 0 radical (unpaired) electrons. The third kappa shape index (κ3) is 5.63. The largest absolute Gasteiger partial charge is 0.480 e. The van der Waals surface area contributed by atoms with Gasteiger partial charge >= 0.3 is 5.97 Å². The first kappa shape index (κ1) is 23.5. The lowest BCUT2D eigenvalue weighted by atomic mass is 9.82. The lowest BCUT2D eigenvalue weighted by molar-refractivity contribution is -0.142. The van der Waals surface area contributed by atoms with Crippen LogP contribution in [0, 0.1) is 24.6 Å². The second kappa shape index (κ2) is 10.5. The third-order valence-electron chi connectivity index (χ3n) is 6.36. The van der Waals surface area contributed by atoms with Crippen molar-refractivity contribution in [2.45, 2.75) is 39.2 Å². The molecule has 1 aromatic heterocycles. The monoisotopic (exact) mass is 470 g/mol. The van der Waals surface area contributed by atoms with Crippen molar-refractivity contribution < 1.29 is 19.0 Å². The van der Waals surface area contributed by atoms with Crippen molar-refractivity contribution in [3.8, 4) is 22.4 Å². The van der Waals surface area contributed by atoms with E-state index in [1.54, 1.807) is 12.1 Å². The van der Waals surface area contributed by atoms with Crippen LogP contribution in [0.4, 0.5) is 4.39 Å². The Morgan fingerprint density at radius 1 is 1.12 bits per heavy atom. The van der Waals surface area contributed by atoms with Gasteiger partial charge in [0.05, 0.1) is 23.0 Å². The summed E-state index contributed by atoms with van der Waals surface area (Å²) in [6.07, 6.45) is 4.13. The van der Waals surface area contributed by atoms with E-state index >= 15 is 0 Å². The molecule has 1 aliphatic rings. The van der Waals surface area contributed by atoms with Gasteiger partial charge in [-0.1, -0.05) is 48.0 Å². The first-order valence-electron chi connectivity index (χ1n) is 11.3. The number of hydrogen-bond donors (Lipinski definition) is 1. The summed E-state index contributed by atoms with van der Waals surface area (Å²) in [5.41, 5.74) is 4.78. The van der Waals surface area contributed by atoms with Crippen LogP contribution in [0.25, 0.3) is 22.4 Å². The normalized spacial score (nSPS) is 18.4. The molecule has 2 aromatic carbocycles.